The molecule has 0 radical (unpaired) electrons. The van der Waals surface area contributed by atoms with Gasteiger partial charge in [0.2, 0.25) is 0 Å². The molecule has 0 aromatic rings. The molecule has 0 fully saturated rings. The molecular weight excluding hydrogens is 150 g/mol. The molecule has 12 heavy (non-hydrogen) atoms. The number of rotatable bonds is 3. The Labute approximate surface area is 74.6 Å². The van der Waals surface area contributed by atoms with Crippen molar-refractivity contribution < 1.29 is 4.79 Å². The Hall–Kier alpha value is -1.01. The van der Waals surface area contributed by atoms with Crippen LogP contribution in [0.25, 0.3) is 0 Å². The van der Waals surface area contributed by atoms with Gasteiger partial charge in [-0.15, -0.1) is 5.73 Å². The Morgan fingerprint density at radius 1 is 1.58 bits per heavy atom. The minimum absolute atomic E-state index is 0.0301. The summed E-state index contributed by atoms with van der Waals surface area (Å²) < 4.78 is 0. The van der Waals surface area contributed by atoms with E-state index in [1.807, 2.05) is 20.8 Å². The van der Waals surface area contributed by atoms with Crippen molar-refractivity contribution in [2.24, 2.45) is 5.92 Å². The van der Waals surface area contributed by atoms with E-state index in [1.54, 1.807) is 11.9 Å². The molecule has 0 spiro atoms. The Balaban J connectivity index is 4.56. The van der Waals surface area contributed by atoms with Gasteiger partial charge in [0.1, 0.15) is 0 Å². The number of carbonyl (C=O) groups excluding carboxylic acids is 1. The number of likely N-dealkylation sites (N-methyl/N-ethyl adjacent to an activating group) is 1. The highest BCUT2D eigenvalue weighted by molar-refractivity contribution is 5.93. The number of carbonyl (C=O) groups is 1. The average Bonchev–Trinajstić information content (AvgIpc) is 2.03. The molecule has 2 heteroatoms. The molecular formula is C10H17NO. The van der Waals surface area contributed by atoms with E-state index in [9.17, 15) is 4.79 Å². The third kappa shape index (κ3) is 2.55. The highest BCUT2D eigenvalue weighted by Gasteiger charge is 2.15. The van der Waals surface area contributed by atoms with Gasteiger partial charge in [0.25, 0.3) is 5.91 Å². The third-order valence-electron chi connectivity index (χ3n) is 1.82. The fraction of sp³-hybridized carbons (Fsp3) is 0.600. The van der Waals surface area contributed by atoms with Crippen molar-refractivity contribution in [2.45, 2.75) is 20.8 Å². The van der Waals surface area contributed by atoms with Gasteiger partial charge in [-0.2, -0.15) is 0 Å². The van der Waals surface area contributed by atoms with Crippen LogP contribution in [0, 0.1) is 5.92 Å². The fourth-order valence-electron chi connectivity index (χ4n) is 0.876. The van der Waals surface area contributed by atoms with Crippen molar-refractivity contribution in [3.63, 3.8) is 0 Å². The number of nitrogens with zero attached hydrogens (tertiary/aromatic N) is 1. The summed E-state index contributed by atoms with van der Waals surface area (Å²) in [5.41, 5.74) is 3.36. The Morgan fingerprint density at radius 3 is 2.33 bits per heavy atom. The summed E-state index contributed by atoms with van der Waals surface area (Å²) >= 11 is 0. The number of amides is 1. The molecule has 68 valence electrons. The zero-order chi connectivity index (χ0) is 9.72. The van der Waals surface area contributed by atoms with E-state index in [4.69, 9.17) is 0 Å². The summed E-state index contributed by atoms with van der Waals surface area (Å²) in [5.74, 6) is 0.228. The summed E-state index contributed by atoms with van der Waals surface area (Å²) in [6, 6.07) is 0. The SMILES string of the molecule is C=C=C(C(=O)N(C)CC)C(C)C. The van der Waals surface area contributed by atoms with Crippen LogP contribution in [0.1, 0.15) is 20.8 Å². The van der Waals surface area contributed by atoms with E-state index < -0.39 is 0 Å². The van der Waals surface area contributed by atoms with E-state index in [0.29, 0.717) is 5.57 Å². The molecule has 2 nitrogen and oxygen atoms in total. The second-order valence-electron chi connectivity index (χ2n) is 3.06. The lowest BCUT2D eigenvalue weighted by atomic mass is 10.0. The van der Waals surface area contributed by atoms with E-state index in [-0.39, 0.29) is 11.8 Å². The maximum Gasteiger partial charge on any atom is 0.257 e. The van der Waals surface area contributed by atoms with Gasteiger partial charge in [-0.3, -0.25) is 4.79 Å². The molecule has 0 aliphatic carbocycles. The second kappa shape index (κ2) is 4.78. The molecule has 0 saturated heterocycles. The lowest BCUT2D eigenvalue weighted by Crippen LogP contribution is -2.29. The lowest BCUT2D eigenvalue weighted by Gasteiger charge is -2.17. The van der Waals surface area contributed by atoms with Crippen LogP contribution >= 0.6 is 0 Å². The zero-order valence-electron chi connectivity index (χ0n) is 8.35. The average molecular weight is 167 g/mol. The Bertz CT molecular complexity index is 212. The van der Waals surface area contributed by atoms with Gasteiger partial charge >= 0.3 is 0 Å². The monoisotopic (exact) mass is 167 g/mol. The van der Waals surface area contributed by atoms with Crippen LogP contribution in [-0.4, -0.2) is 24.4 Å². The van der Waals surface area contributed by atoms with Crippen LogP contribution in [0.15, 0.2) is 17.9 Å². The van der Waals surface area contributed by atoms with Crippen molar-refractivity contribution in [3.05, 3.63) is 17.9 Å². The van der Waals surface area contributed by atoms with Crippen LogP contribution in [-0.2, 0) is 4.79 Å². The zero-order valence-corrected chi connectivity index (χ0v) is 8.35. The van der Waals surface area contributed by atoms with Crippen molar-refractivity contribution in [1.29, 1.82) is 0 Å². The first kappa shape index (κ1) is 11.0. The van der Waals surface area contributed by atoms with E-state index in [0.717, 1.165) is 6.54 Å². The molecule has 1 amide bonds. The molecule has 0 aromatic carbocycles. The topological polar surface area (TPSA) is 20.3 Å². The van der Waals surface area contributed by atoms with Crippen LogP contribution in [0.4, 0.5) is 0 Å². The van der Waals surface area contributed by atoms with Gasteiger partial charge in [0, 0.05) is 13.6 Å². The minimum Gasteiger partial charge on any atom is -0.342 e. The van der Waals surface area contributed by atoms with Gasteiger partial charge in [-0.05, 0) is 12.8 Å². The van der Waals surface area contributed by atoms with Gasteiger partial charge in [0.15, 0.2) is 0 Å². The quantitative estimate of drug-likeness (QED) is 0.464. The lowest BCUT2D eigenvalue weighted by molar-refractivity contribution is -0.126. The second-order valence-corrected chi connectivity index (χ2v) is 3.06. The van der Waals surface area contributed by atoms with Gasteiger partial charge in [-0.25, -0.2) is 0 Å². The van der Waals surface area contributed by atoms with E-state index in [1.165, 1.54) is 0 Å². The molecule has 0 rings (SSSR count). The first-order valence-electron chi connectivity index (χ1n) is 4.20. The summed E-state index contributed by atoms with van der Waals surface area (Å²) in [7, 11) is 1.78. The Kier molecular flexibility index (Phi) is 4.38. The van der Waals surface area contributed by atoms with Crippen LogP contribution in [0.2, 0.25) is 0 Å². The van der Waals surface area contributed by atoms with E-state index in [2.05, 4.69) is 12.3 Å². The number of hydrogen-bond donors (Lipinski definition) is 0. The minimum atomic E-state index is 0.0301. The molecule has 0 unspecified atom stereocenters. The maximum absolute atomic E-state index is 11.5. The normalized spacial score (nSPS) is 9.42. The van der Waals surface area contributed by atoms with Gasteiger partial charge in [-0.1, -0.05) is 20.4 Å². The van der Waals surface area contributed by atoms with Crippen molar-refractivity contribution in [2.75, 3.05) is 13.6 Å². The highest BCUT2D eigenvalue weighted by Crippen LogP contribution is 2.10. The molecule has 0 saturated carbocycles. The largest absolute Gasteiger partial charge is 0.342 e. The van der Waals surface area contributed by atoms with Crippen molar-refractivity contribution >= 4 is 5.91 Å². The van der Waals surface area contributed by atoms with Crippen LogP contribution in [0.5, 0.6) is 0 Å². The highest BCUT2D eigenvalue weighted by atomic mass is 16.2. The maximum atomic E-state index is 11.5. The molecule has 0 aliphatic rings. The van der Waals surface area contributed by atoms with Crippen molar-refractivity contribution in [3.8, 4) is 0 Å². The summed E-state index contributed by atoms with van der Waals surface area (Å²) in [6.07, 6.45) is 0. The molecule has 0 atom stereocenters. The van der Waals surface area contributed by atoms with Gasteiger partial charge < -0.3 is 4.90 Å². The smallest absolute Gasteiger partial charge is 0.257 e. The standard InChI is InChI=1S/C10H17NO/c1-6-9(8(3)4)10(12)11(5)7-2/h8H,1,7H2,2-5H3. The third-order valence-corrected chi connectivity index (χ3v) is 1.82. The van der Waals surface area contributed by atoms with Gasteiger partial charge in [0.05, 0.1) is 5.57 Å². The molecule has 0 aliphatic heterocycles. The van der Waals surface area contributed by atoms with Crippen LogP contribution in [0.3, 0.4) is 0 Å². The summed E-state index contributed by atoms with van der Waals surface area (Å²) in [6.45, 7) is 10.1. The first-order chi connectivity index (χ1) is 5.54. The predicted octanol–water partition coefficient (Wildman–Crippen LogP) is 1.83. The van der Waals surface area contributed by atoms with E-state index >= 15 is 0 Å². The molecule has 0 heterocycles. The fourth-order valence-corrected chi connectivity index (χ4v) is 0.876. The summed E-state index contributed by atoms with van der Waals surface area (Å²) in [4.78, 5) is 13.2. The Morgan fingerprint density at radius 2 is 2.08 bits per heavy atom. The molecule has 0 N–H and O–H groups in total. The van der Waals surface area contributed by atoms with Crippen LogP contribution < -0.4 is 0 Å². The number of hydrogen-bond acceptors (Lipinski definition) is 1. The molecule has 0 bridgehead atoms. The molecule has 0 aromatic heterocycles. The predicted molar refractivity (Wildman–Crippen MR) is 50.8 cm³/mol. The summed E-state index contributed by atoms with van der Waals surface area (Å²) in [5, 5.41) is 0. The van der Waals surface area contributed by atoms with Crippen molar-refractivity contribution in [1.82, 2.24) is 4.90 Å². The first-order valence-corrected chi connectivity index (χ1v) is 4.20.